The Morgan fingerprint density at radius 3 is 2.48 bits per heavy atom. The van der Waals surface area contributed by atoms with Crippen LogP contribution in [-0.2, 0) is 19.4 Å². The van der Waals surface area contributed by atoms with Crippen molar-refractivity contribution < 1.29 is 23.1 Å². The molecule has 1 aliphatic carbocycles. The normalized spacial score (nSPS) is 17.3. The number of sulfone groups is 1. The van der Waals surface area contributed by atoms with Crippen molar-refractivity contribution in [1.29, 1.82) is 0 Å². The van der Waals surface area contributed by atoms with Crippen LogP contribution in [0.15, 0.2) is 35.7 Å². The van der Waals surface area contributed by atoms with Crippen LogP contribution in [0.1, 0.15) is 49.7 Å². The van der Waals surface area contributed by atoms with E-state index in [0.717, 1.165) is 5.56 Å². The minimum atomic E-state index is -3.97. The van der Waals surface area contributed by atoms with E-state index in [2.05, 4.69) is 11.9 Å². The van der Waals surface area contributed by atoms with Crippen LogP contribution in [0.2, 0.25) is 0 Å². The van der Waals surface area contributed by atoms with Crippen molar-refractivity contribution in [3.8, 4) is 0 Å². The van der Waals surface area contributed by atoms with Gasteiger partial charge in [0.15, 0.2) is 14.6 Å². The minimum absolute atomic E-state index is 0.150. The highest BCUT2D eigenvalue weighted by atomic mass is 32.2. The summed E-state index contributed by atoms with van der Waals surface area (Å²) in [5, 5.41) is 11.9. The molecule has 1 aromatic carbocycles. The van der Waals surface area contributed by atoms with Gasteiger partial charge in [-0.3, -0.25) is 4.79 Å². The van der Waals surface area contributed by atoms with Gasteiger partial charge >= 0.3 is 5.97 Å². The van der Waals surface area contributed by atoms with Gasteiger partial charge in [-0.25, -0.2) is 13.2 Å². The molecule has 27 heavy (non-hydrogen) atoms. The van der Waals surface area contributed by atoms with Crippen molar-refractivity contribution in [1.82, 2.24) is 5.32 Å². The van der Waals surface area contributed by atoms with E-state index in [9.17, 15) is 23.1 Å². The average Bonchev–Trinajstić information content (AvgIpc) is 3.12. The first-order valence-electron chi connectivity index (χ1n) is 9.12. The Balaban J connectivity index is 2.44. The van der Waals surface area contributed by atoms with E-state index >= 15 is 0 Å². The van der Waals surface area contributed by atoms with Gasteiger partial charge in [0.05, 0.1) is 4.90 Å². The van der Waals surface area contributed by atoms with Crippen LogP contribution < -0.4 is 5.32 Å². The Labute approximate surface area is 160 Å². The van der Waals surface area contributed by atoms with Gasteiger partial charge in [-0.2, -0.15) is 0 Å². The van der Waals surface area contributed by atoms with Gasteiger partial charge in [-0.15, -0.1) is 6.58 Å². The van der Waals surface area contributed by atoms with Gasteiger partial charge < -0.3 is 10.4 Å². The number of hydrogen-bond donors (Lipinski definition) is 2. The Morgan fingerprint density at radius 2 is 1.93 bits per heavy atom. The molecule has 6 nitrogen and oxygen atoms in total. The zero-order valence-corrected chi connectivity index (χ0v) is 16.6. The summed E-state index contributed by atoms with van der Waals surface area (Å²) in [7, 11) is -3.97. The Bertz CT molecular complexity index is 838. The molecule has 1 unspecified atom stereocenters. The molecule has 0 aliphatic heterocycles. The maximum Gasteiger partial charge on any atom is 0.326 e. The molecule has 2 rings (SSSR count). The van der Waals surface area contributed by atoms with Crippen LogP contribution in [0.4, 0.5) is 0 Å². The smallest absolute Gasteiger partial charge is 0.326 e. The second-order valence-electron chi connectivity index (χ2n) is 7.20. The molecule has 7 heteroatoms. The van der Waals surface area contributed by atoms with Crippen molar-refractivity contribution in [2.24, 2.45) is 0 Å². The molecule has 1 amide bonds. The van der Waals surface area contributed by atoms with E-state index in [-0.39, 0.29) is 24.2 Å². The lowest BCUT2D eigenvalue weighted by Gasteiger charge is -2.30. The molecule has 1 aromatic rings. The van der Waals surface area contributed by atoms with E-state index in [0.29, 0.717) is 24.8 Å². The summed E-state index contributed by atoms with van der Waals surface area (Å²) in [5.41, 5.74) is 1.38. The Hall–Kier alpha value is -2.15. The molecule has 1 saturated carbocycles. The number of carboxylic acids is 1. The molecular formula is C20H27NO5S. The number of carbonyl (C=O) groups is 2. The largest absolute Gasteiger partial charge is 0.480 e. The van der Waals surface area contributed by atoms with Crippen LogP contribution in [0.5, 0.6) is 0 Å². The van der Waals surface area contributed by atoms with Gasteiger partial charge in [0.1, 0.15) is 6.04 Å². The number of nitrogens with one attached hydrogen (secondary N) is 1. The van der Waals surface area contributed by atoms with E-state index < -0.39 is 32.5 Å². The first-order chi connectivity index (χ1) is 12.7. The highest BCUT2D eigenvalue weighted by Crippen LogP contribution is 2.42. The van der Waals surface area contributed by atoms with Crippen molar-refractivity contribution in [3.63, 3.8) is 0 Å². The third-order valence-corrected chi connectivity index (χ3v) is 7.88. The number of amides is 1. The quantitative estimate of drug-likeness (QED) is 0.662. The molecule has 148 valence electrons. The number of aliphatic carboxylic acids is 1. The maximum atomic E-state index is 13.5. The standard InChI is InChI=1S/C20H27NO5S/c1-4-5-8-16(18(22)23)21-19(24)20(11-6-7-12-20)27(25,26)17-13-14(2)9-10-15(17)3/h4,9-10,13,16H,1,5-8,11-12H2,2-3H3,(H,21,24)(H,22,23). The molecule has 0 heterocycles. The fourth-order valence-electron chi connectivity index (χ4n) is 3.60. The zero-order valence-electron chi connectivity index (χ0n) is 15.8. The molecule has 1 aliphatic rings. The van der Waals surface area contributed by atoms with Crippen molar-refractivity contribution in [2.75, 3.05) is 0 Å². The lowest BCUT2D eigenvalue weighted by atomic mass is 10.0. The molecule has 0 spiro atoms. The number of aryl methyl sites for hydroxylation is 2. The van der Waals surface area contributed by atoms with Crippen molar-refractivity contribution in [3.05, 3.63) is 42.0 Å². The van der Waals surface area contributed by atoms with E-state index in [1.165, 1.54) is 0 Å². The first kappa shape index (κ1) is 21.2. The predicted octanol–water partition coefficient (Wildman–Crippen LogP) is 2.93. The second kappa shape index (κ2) is 8.25. The summed E-state index contributed by atoms with van der Waals surface area (Å²) >= 11 is 0. The van der Waals surface area contributed by atoms with Gasteiger partial charge in [0, 0.05) is 0 Å². The van der Waals surface area contributed by atoms with Crippen LogP contribution in [0.25, 0.3) is 0 Å². The van der Waals surface area contributed by atoms with E-state index in [1.807, 2.05) is 6.07 Å². The molecule has 0 saturated heterocycles. The maximum absolute atomic E-state index is 13.5. The topological polar surface area (TPSA) is 101 Å². The highest BCUT2D eigenvalue weighted by molar-refractivity contribution is 7.93. The van der Waals surface area contributed by atoms with Crippen LogP contribution in [0.3, 0.4) is 0 Å². The molecule has 0 aromatic heterocycles. The summed E-state index contributed by atoms with van der Waals surface area (Å²) < 4.78 is 25.4. The Kier molecular flexibility index (Phi) is 6.46. The van der Waals surface area contributed by atoms with Gasteiger partial charge in [0.25, 0.3) is 0 Å². The van der Waals surface area contributed by atoms with Gasteiger partial charge in [0.2, 0.25) is 5.91 Å². The molecule has 1 fully saturated rings. The summed E-state index contributed by atoms with van der Waals surface area (Å²) in [6.45, 7) is 7.06. The number of allylic oxidation sites excluding steroid dienone is 1. The predicted molar refractivity (Wildman–Crippen MR) is 103 cm³/mol. The number of carboxylic acid groups (broad SMARTS) is 1. The molecular weight excluding hydrogens is 366 g/mol. The molecule has 0 radical (unpaired) electrons. The monoisotopic (exact) mass is 393 g/mol. The fourth-order valence-corrected chi connectivity index (χ4v) is 5.99. The highest BCUT2D eigenvalue weighted by Gasteiger charge is 2.53. The lowest BCUT2D eigenvalue weighted by molar-refractivity contribution is -0.142. The third kappa shape index (κ3) is 4.08. The van der Waals surface area contributed by atoms with Crippen LogP contribution in [0, 0.1) is 13.8 Å². The third-order valence-electron chi connectivity index (χ3n) is 5.24. The van der Waals surface area contributed by atoms with Crippen LogP contribution in [-0.4, -0.2) is 36.2 Å². The number of hydrogen-bond acceptors (Lipinski definition) is 4. The van der Waals surface area contributed by atoms with E-state index in [4.69, 9.17) is 0 Å². The van der Waals surface area contributed by atoms with Crippen LogP contribution >= 0.6 is 0 Å². The van der Waals surface area contributed by atoms with Gasteiger partial charge in [-0.1, -0.05) is 31.1 Å². The van der Waals surface area contributed by atoms with Gasteiger partial charge in [-0.05, 0) is 56.7 Å². The van der Waals surface area contributed by atoms with Crippen molar-refractivity contribution >= 4 is 21.7 Å². The summed E-state index contributed by atoms with van der Waals surface area (Å²) in [5.74, 6) is -1.89. The fraction of sp³-hybridized carbons (Fsp3) is 0.500. The first-order valence-corrected chi connectivity index (χ1v) is 10.6. The summed E-state index contributed by atoms with van der Waals surface area (Å²) in [6.07, 6.45) is 3.77. The average molecular weight is 394 g/mol. The summed E-state index contributed by atoms with van der Waals surface area (Å²) in [6, 6.07) is 4.00. The second-order valence-corrected chi connectivity index (χ2v) is 9.43. The number of rotatable bonds is 8. The summed E-state index contributed by atoms with van der Waals surface area (Å²) in [4.78, 5) is 24.7. The van der Waals surface area contributed by atoms with Crippen molar-refractivity contribution in [2.45, 2.75) is 68.1 Å². The molecule has 0 bridgehead atoms. The molecule has 2 N–H and O–H groups in total. The molecule has 1 atom stereocenters. The lowest BCUT2D eigenvalue weighted by Crippen LogP contribution is -2.55. The number of carbonyl (C=O) groups excluding carboxylic acids is 1. The SMILES string of the molecule is C=CCCC(NC(=O)C1(S(=O)(=O)c2cc(C)ccc2C)CCCC1)C(=O)O. The Morgan fingerprint density at radius 1 is 1.30 bits per heavy atom. The zero-order chi connectivity index (χ0) is 20.2. The minimum Gasteiger partial charge on any atom is -0.480 e. The van der Waals surface area contributed by atoms with E-state index in [1.54, 1.807) is 32.1 Å². The number of benzene rings is 1.